The minimum Gasteiger partial charge on any atom is -0.365 e. The molecule has 2 amide bonds. The summed E-state index contributed by atoms with van der Waals surface area (Å²) in [5.41, 5.74) is 3.99. The number of anilines is 1. The molecule has 1 unspecified atom stereocenters. The quantitative estimate of drug-likeness (QED) is 0.429. The van der Waals surface area contributed by atoms with E-state index in [4.69, 9.17) is 5.73 Å². The van der Waals surface area contributed by atoms with E-state index in [1.807, 2.05) is 0 Å². The molecule has 14 heteroatoms. The van der Waals surface area contributed by atoms with Crippen molar-refractivity contribution in [1.29, 1.82) is 0 Å². The normalized spacial score (nSPS) is 12.7. The van der Waals surface area contributed by atoms with Crippen molar-refractivity contribution in [3.63, 3.8) is 0 Å². The monoisotopic (exact) mass is 456 g/mol. The fourth-order valence-corrected chi connectivity index (χ4v) is 4.07. The molecule has 3 heterocycles. The van der Waals surface area contributed by atoms with E-state index in [1.165, 1.54) is 6.92 Å². The number of aromatic nitrogens is 3. The van der Waals surface area contributed by atoms with Crippen LogP contribution in [0.5, 0.6) is 0 Å². The Morgan fingerprint density at radius 1 is 1.42 bits per heavy atom. The Morgan fingerprint density at radius 3 is 2.61 bits per heavy atom. The molecule has 3 N–H and O–H groups in total. The Balaban J connectivity index is 2.06. The van der Waals surface area contributed by atoms with Crippen LogP contribution in [-0.4, -0.2) is 31.5 Å². The number of rotatable bonds is 6. The summed E-state index contributed by atoms with van der Waals surface area (Å²) in [6.45, 7) is 3.03. The molecule has 0 bridgehead atoms. The molecule has 0 aromatic carbocycles. The molecule has 3 aromatic heterocycles. The van der Waals surface area contributed by atoms with Crippen LogP contribution in [0.25, 0.3) is 10.2 Å². The molecule has 0 fully saturated rings. The zero-order valence-corrected chi connectivity index (χ0v) is 16.9. The van der Waals surface area contributed by atoms with E-state index >= 15 is 0 Å². The summed E-state index contributed by atoms with van der Waals surface area (Å²) in [5.74, 6) is -1.63. The summed E-state index contributed by atoms with van der Waals surface area (Å²) in [7, 11) is 0. The number of pyridine rings is 1. The first-order valence-corrected chi connectivity index (χ1v) is 9.56. The Hall–Kier alpha value is -3.55. The topological polar surface area (TPSA) is 146 Å². The molecule has 0 radical (unpaired) electrons. The van der Waals surface area contributed by atoms with Crippen molar-refractivity contribution in [2.45, 2.75) is 32.5 Å². The van der Waals surface area contributed by atoms with Gasteiger partial charge in [-0.05, 0) is 25.0 Å². The van der Waals surface area contributed by atoms with Gasteiger partial charge < -0.3 is 11.1 Å². The number of carbonyl (C=O) groups excluding carboxylic acids is 2. The highest BCUT2D eigenvalue weighted by atomic mass is 32.1. The van der Waals surface area contributed by atoms with Gasteiger partial charge in [0.05, 0.1) is 10.6 Å². The number of thiophene rings is 1. The van der Waals surface area contributed by atoms with Gasteiger partial charge >= 0.3 is 11.9 Å². The fraction of sp³-hybridized carbons (Fsp3) is 0.294. The maximum absolute atomic E-state index is 13.1. The molecule has 10 nitrogen and oxygen atoms in total. The van der Waals surface area contributed by atoms with Crippen molar-refractivity contribution < 1.29 is 27.7 Å². The van der Waals surface area contributed by atoms with E-state index in [0.29, 0.717) is 11.3 Å². The third-order valence-electron chi connectivity index (χ3n) is 4.43. The molecule has 31 heavy (non-hydrogen) atoms. The van der Waals surface area contributed by atoms with Crippen molar-refractivity contribution in [2.24, 2.45) is 5.73 Å². The van der Waals surface area contributed by atoms with Crippen LogP contribution in [-0.2, 0) is 11.0 Å². The standard InChI is InChI=1S/C17H15F3N6O4S/c1-3-9(25-6-8(5-22-25)26(29)30)15(28)24-12-11-7(2)4-10(17(18,19)20)23-16(11)31-13(12)14(21)27/h4-6,9H,3H2,1-2H3,(H2,21,27)(H,24,28). The molecule has 0 aliphatic carbocycles. The summed E-state index contributed by atoms with van der Waals surface area (Å²) < 4.78 is 40.4. The number of fused-ring (bicyclic) bond motifs is 1. The maximum Gasteiger partial charge on any atom is 0.433 e. The lowest BCUT2D eigenvalue weighted by molar-refractivity contribution is -0.385. The Labute approximate surface area is 176 Å². The highest BCUT2D eigenvalue weighted by Crippen LogP contribution is 2.40. The van der Waals surface area contributed by atoms with Crippen LogP contribution in [0, 0.1) is 17.0 Å². The number of hydrogen-bond acceptors (Lipinski definition) is 7. The van der Waals surface area contributed by atoms with Crippen LogP contribution in [0.15, 0.2) is 18.5 Å². The largest absolute Gasteiger partial charge is 0.433 e. The number of nitrogens with one attached hydrogen (secondary N) is 1. The van der Waals surface area contributed by atoms with Crippen LogP contribution in [0.1, 0.15) is 40.3 Å². The van der Waals surface area contributed by atoms with Gasteiger partial charge in [-0.25, -0.2) is 4.98 Å². The Morgan fingerprint density at radius 2 is 2.10 bits per heavy atom. The van der Waals surface area contributed by atoms with Crippen molar-refractivity contribution in [3.8, 4) is 0 Å². The van der Waals surface area contributed by atoms with E-state index in [1.54, 1.807) is 6.92 Å². The van der Waals surface area contributed by atoms with Gasteiger partial charge in [-0.3, -0.25) is 24.4 Å². The molecule has 164 valence electrons. The second-order valence-corrected chi connectivity index (χ2v) is 7.52. The second kappa shape index (κ2) is 7.94. The van der Waals surface area contributed by atoms with Crippen LogP contribution >= 0.6 is 11.3 Å². The molecular weight excluding hydrogens is 441 g/mol. The average Bonchev–Trinajstić information content (AvgIpc) is 3.27. The molecule has 0 aliphatic heterocycles. The molecule has 3 rings (SSSR count). The lowest BCUT2D eigenvalue weighted by atomic mass is 10.1. The number of hydrogen-bond donors (Lipinski definition) is 2. The third-order valence-corrected chi connectivity index (χ3v) is 5.53. The summed E-state index contributed by atoms with van der Waals surface area (Å²) >= 11 is 0.629. The highest BCUT2D eigenvalue weighted by molar-refractivity contribution is 7.21. The summed E-state index contributed by atoms with van der Waals surface area (Å²) in [4.78, 5) is 38.3. The average molecular weight is 456 g/mol. The first-order valence-electron chi connectivity index (χ1n) is 8.74. The number of alkyl halides is 3. The second-order valence-electron chi connectivity index (χ2n) is 6.52. The lowest BCUT2D eigenvalue weighted by Crippen LogP contribution is -2.27. The SMILES string of the molecule is CCC(C(=O)Nc1c(C(N)=O)sc2nc(C(F)(F)F)cc(C)c12)n1cc([N+](=O)[O-])cn1. The van der Waals surface area contributed by atoms with Crippen molar-refractivity contribution in [2.75, 3.05) is 5.32 Å². The Kier molecular flexibility index (Phi) is 5.67. The van der Waals surface area contributed by atoms with Crippen LogP contribution < -0.4 is 11.1 Å². The van der Waals surface area contributed by atoms with E-state index in [2.05, 4.69) is 15.4 Å². The van der Waals surface area contributed by atoms with Crippen molar-refractivity contribution >= 4 is 44.7 Å². The van der Waals surface area contributed by atoms with Gasteiger partial charge in [-0.15, -0.1) is 11.3 Å². The molecular formula is C17H15F3N6O4S. The van der Waals surface area contributed by atoms with Gasteiger partial charge in [0.2, 0.25) is 5.91 Å². The van der Waals surface area contributed by atoms with E-state index in [-0.39, 0.29) is 38.5 Å². The van der Waals surface area contributed by atoms with Crippen LogP contribution in [0.2, 0.25) is 0 Å². The predicted octanol–water partition coefficient (Wildman–Crippen LogP) is 3.42. The minimum atomic E-state index is -4.69. The summed E-state index contributed by atoms with van der Waals surface area (Å²) in [6.07, 6.45) is -2.44. The zero-order chi connectivity index (χ0) is 23.1. The van der Waals surface area contributed by atoms with Gasteiger partial charge in [-0.2, -0.15) is 18.3 Å². The molecule has 0 saturated heterocycles. The lowest BCUT2D eigenvalue weighted by Gasteiger charge is -2.16. The number of amides is 2. The van der Waals surface area contributed by atoms with Crippen molar-refractivity contribution in [1.82, 2.24) is 14.8 Å². The molecule has 3 aromatic rings. The fourth-order valence-electron chi connectivity index (χ4n) is 3.01. The van der Waals surface area contributed by atoms with E-state index in [0.717, 1.165) is 23.1 Å². The summed E-state index contributed by atoms with van der Waals surface area (Å²) in [5, 5.41) is 17.4. The van der Waals surface area contributed by atoms with Gasteiger partial charge in [0.1, 0.15) is 33.8 Å². The molecule has 0 aliphatic rings. The molecule has 1 atom stereocenters. The van der Waals surface area contributed by atoms with Gasteiger partial charge in [0.15, 0.2) is 0 Å². The van der Waals surface area contributed by atoms with E-state index in [9.17, 15) is 32.9 Å². The van der Waals surface area contributed by atoms with Crippen LogP contribution in [0.3, 0.4) is 0 Å². The minimum absolute atomic E-state index is 0.0590. The molecule has 0 spiro atoms. The number of halogens is 3. The zero-order valence-electron chi connectivity index (χ0n) is 16.1. The van der Waals surface area contributed by atoms with Gasteiger partial charge in [0, 0.05) is 5.39 Å². The first kappa shape index (κ1) is 22.1. The highest BCUT2D eigenvalue weighted by Gasteiger charge is 2.34. The number of aryl methyl sites for hydroxylation is 1. The van der Waals surface area contributed by atoms with Crippen LogP contribution in [0.4, 0.5) is 24.5 Å². The number of nitrogens with two attached hydrogens (primary N) is 1. The first-order chi connectivity index (χ1) is 14.4. The third kappa shape index (κ3) is 4.19. The molecule has 0 saturated carbocycles. The van der Waals surface area contributed by atoms with Gasteiger partial charge in [0.25, 0.3) is 5.91 Å². The Bertz CT molecular complexity index is 1200. The van der Waals surface area contributed by atoms with Crippen molar-refractivity contribution in [3.05, 3.63) is 44.7 Å². The maximum atomic E-state index is 13.1. The number of primary amides is 1. The number of carbonyl (C=O) groups is 2. The number of nitro groups is 1. The predicted molar refractivity (Wildman–Crippen MR) is 105 cm³/mol. The summed E-state index contributed by atoms with van der Waals surface area (Å²) in [6, 6.07) is -0.170. The van der Waals surface area contributed by atoms with Gasteiger partial charge in [-0.1, -0.05) is 6.92 Å². The van der Waals surface area contributed by atoms with E-state index < -0.39 is 34.6 Å². The number of nitrogens with zero attached hydrogens (tertiary/aromatic N) is 4. The smallest absolute Gasteiger partial charge is 0.365 e.